The molecule has 6 heteroatoms. The molecule has 0 spiro atoms. The molecule has 15 heavy (non-hydrogen) atoms. The Bertz CT molecular complexity index is 483. The Morgan fingerprint density at radius 3 is 2.80 bits per heavy atom. The molecule has 0 atom stereocenters. The molecule has 0 bridgehead atoms. The van der Waals surface area contributed by atoms with E-state index < -0.39 is 0 Å². The third-order valence-corrected chi connectivity index (χ3v) is 2.97. The smallest absolute Gasteiger partial charge is 0.269 e. The number of aryl methyl sites for hydroxylation is 2. The molecule has 0 fully saturated rings. The van der Waals surface area contributed by atoms with E-state index in [1.54, 1.807) is 13.1 Å². The van der Waals surface area contributed by atoms with E-state index in [0.717, 1.165) is 9.13 Å². The Kier molecular flexibility index (Phi) is 2.85. The van der Waals surface area contributed by atoms with Crippen molar-refractivity contribution in [2.24, 2.45) is 0 Å². The molecule has 0 aliphatic heterocycles. The molecular weight excluding hydrogens is 307 g/mol. The zero-order valence-electron chi connectivity index (χ0n) is 8.28. The minimum absolute atomic E-state index is 0.430. The van der Waals surface area contributed by atoms with Gasteiger partial charge in [-0.15, -0.1) is 0 Å². The van der Waals surface area contributed by atoms with Gasteiger partial charge < -0.3 is 9.84 Å². The lowest BCUT2D eigenvalue weighted by Crippen LogP contribution is -1.96. The second-order valence-corrected chi connectivity index (χ2v) is 4.24. The van der Waals surface area contributed by atoms with E-state index in [9.17, 15) is 0 Å². The van der Waals surface area contributed by atoms with E-state index in [4.69, 9.17) is 4.52 Å². The molecule has 0 aliphatic rings. The minimum Gasteiger partial charge on any atom is -0.338 e. The highest BCUT2D eigenvalue weighted by Gasteiger charge is 2.04. The van der Waals surface area contributed by atoms with Gasteiger partial charge >= 0.3 is 0 Å². The van der Waals surface area contributed by atoms with E-state index >= 15 is 0 Å². The molecule has 0 saturated carbocycles. The topological polar surface area (TPSA) is 63.8 Å². The van der Waals surface area contributed by atoms with Crippen molar-refractivity contribution in [1.82, 2.24) is 15.1 Å². The molecular formula is C9H9IN4O. The summed E-state index contributed by atoms with van der Waals surface area (Å²) in [5, 5.41) is 6.68. The molecule has 0 aromatic carbocycles. The Hall–Kier alpha value is -1.18. The van der Waals surface area contributed by atoms with Crippen LogP contribution in [0.3, 0.4) is 0 Å². The molecule has 0 amide bonds. The van der Waals surface area contributed by atoms with E-state index in [1.165, 1.54) is 0 Å². The average molecular weight is 316 g/mol. The monoisotopic (exact) mass is 316 g/mol. The third kappa shape index (κ3) is 2.44. The van der Waals surface area contributed by atoms with E-state index in [2.05, 4.69) is 43.0 Å². The van der Waals surface area contributed by atoms with Crippen LogP contribution in [0.2, 0.25) is 0 Å². The van der Waals surface area contributed by atoms with Crippen LogP contribution in [-0.2, 0) is 0 Å². The van der Waals surface area contributed by atoms with Crippen molar-refractivity contribution in [2.45, 2.75) is 13.8 Å². The molecule has 78 valence electrons. The maximum absolute atomic E-state index is 4.84. The number of anilines is 2. The summed E-state index contributed by atoms with van der Waals surface area (Å²) in [6, 6.07) is 1.93. The fourth-order valence-corrected chi connectivity index (χ4v) is 1.47. The van der Waals surface area contributed by atoms with Crippen LogP contribution in [0.5, 0.6) is 0 Å². The van der Waals surface area contributed by atoms with Gasteiger partial charge in [0, 0.05) is 16.7 Å². The first-order valence-corrected chi connectivity index (χ1v) is 5.42. The van der Waals surface area contributed by atoms with Crippen LogP contribution in [0.15, 0.2) is 16.8 Å². The van der Waals surface area contributed by atoms with Crippen LogP contribution in [0, 0.1) is 17.4 Å². The lowest BCUT2D eigenvalue weighted by molar-refractivity contribution is 0.394. The number of aromatic nitrogens is 3. The first kappa shape index (κ1) is 10.3. The van der Waals surface area contributed by atoms with Crippen LogP contribution < -0.4 is 5.32 Å². The molecule has 2 rings (SSSR count). The zero-order valence-corrected chi connectivity index (χ0v) is 10.4. The highest BCUT2D eigenvalue weighted by Crippen LogP contribution is 2.16. The summed E-state index contributed by atoms with van der Waals surface area (Å²) in [6.45, 7) is 3.75. The van der Waals surface area contributed by atoms with Crippen LogP contribution >= 0.6 is 22.6 Å². The predicted octanol–water partition coefficient (Wildman–Crippen LogP) is 2.43. The van der Waals surface area contributed by atoms with Gasteiger partial charge in [0.2, 0.25) is 5.89 Å². The normalized spacial score (nSPS) is 10.3. The van der Waals surface area contributed by atoms with E-state index in [0.29, 0.717) is 17.7 Å². The van der Waals surface area contributed by atoms with Crippen molar-refractivity contribution < 1.29 is 4.52 Å². The second kappa shape index (κ2) is 4.13. The summed E-state index contributed by atoms with van der Waals surface area (Å²) in [5.41, 5.74) is 1.14. The summed E-state index contributed by atoms with van der Waals surface area (Å²) < 4.78 is 5.98. The lowest BCUT2D eigenvalue weighted by Gasteiger charge is -2.02. The number of rotatable bonds is 2. The van der Waals surface area contributed by atoms with Crippen molar-refractivity contribution in [3.63, 3.8) is 0 Å². The number of halogens is 1. The fourth-order valence-electron chi connectivity index (χ4n) is 1.03. The van der Waals surface area contributed by atoms with Gasteiger partial charge in [0.15, 0.2) is 0 Å². The number of nitrogens with zero attached hydrogens (tertiary/aromatic N) is 3. The van der Waals surface area contributed by atoms with Crippen molar-refractivity contribution >= 4 is 34.4 Å². The van der Waals surface area contributed by atoms with Gasteiger partial charge in [0.05, 0.1) is 0 Å². The summed E-state index contributed by atoms with van der Waals surface area (Å²) in [6.07, 6.45) is 1.80. The number of hydrogen-bond donors (Lipinski definition) is 1. The zero-order chi connectivity index (χ0) is 10.8. The van der Waals surface area contributed by atoms with Crippen molar-refractivity contribution in [1.29, 1.82) is 0 Å². The molecule has 0 unspecified atom stereocenters. The van der Waals surface area contributed by atoms with Gasteiger partial charge in [0.25, 0.3) is 5.95 Å². The Morgan fingerprint density at radius 2 is 2.20 bits per heavy atom. The molecule has 0 radical (unpaired) electrons. The molecule has 2 aromatic rings. The highest BCUT2D eigenvalue weighted by atomic mass is 127. The minimum atomic E-state index is 0.430. The van der Waals surface area contributed by atoms with E-state index in [1.807, 2.05) is 13.0 Å². The third-order valence-electron chi connectivity index (χ3n) is 1.80. The summed E-state index contributed by atoms with van der Waals surface area (Å²) in [5.74, 6) is 1.67. The SMILES string of the molecule is Cc1nc(Nc2cc(I)c(C)cn2)no1. The molecule has 5 nitrogen and oxygen atoms in total. The first-order valence-electron chi connectivity index (χ1n) is 4.34. The maximum atomic E-state index is 4.84. The van der Waals surface area contributed by atoms with Gasteiger partial charge in [-0.05, 0) is 46.3 Å². The molecule has 2 heterocycles. The predicted molar refractivity (Wildman–Crippen MR) is 64.0 cm³/mol. The maximum Gasteiger partial charge on any atom is 0.269 e. The number of hydrogen-bond acceptors (Lipinski definition) is 5. The quantitative estimate of drug-likeness (QED) is 0.862. The van der Waals surface area contributed by atoms with Crippen LogP contribution in [-0.4, -0.2) is 15.1 Å². The average Bonchev–Trinajstić information content (AvgIpc) is 2.58. The van der Waals surface area contributed by atoms with Gasteiger partial charge in [0.1, 0.15) is 5.82 Å². The molecule has 2 aromatic heterocycles. The second-order valence-electron chi connectivity index (χ2n) is 3.08. The van der Waals surface area contributed by atoms with Crippen LogP contribution in [0.1, 0.15) is 11.5 Å². The summed E-state index contributed by atoms with van der Waals surface area (Å²) in [7, 11) is 0. The van der Waals surface area contributed by atoms with Crippen molar-refractivity contribution in [2.75, 3.05) is 5.32 Å². The van der Waals surface area contributed by atoms with Gasteiger partial charge in [-0.2, -0.15) is 4.98 Å². The molecule has 0 aliphatic carbocycles. The van der Waals surface area contributed by atoms with Gasteiger partial charge in [-0.25, -0.2) is 4.98 Å². The molecule has 0 saturated heterocycles. The fraction of sp³-hybridized carbons (Fsp3) is 0.222. The molecule has 1 N–H and O–H groups in total. The Labute approximate surface area is 100 Å². The van der Waals surface area contributed by atoms with E-state index in [-0.39, 0.29) is 0 Å². The van der Waals surface area contributed by atoms with Gasteiger partial charge in [-0.3, -0.25) is 0 Å². The lowest BCUT2D eigenvalue weighted by atomic mass is 10.3. The van der Waals surface area contributed by atoms with Crippen molar-refractivity contribution in [3.8, 4) is 0 Å². The van der Waals surface area contributed by atoms with Crippen LogP contribution in [0.25, 0.3) is 0 Å². The summed E-state index contributed by atoms with van der Waals surface area (Å²) in [4.78, 5) is 8.23. The van der Waals surface area contributed by atoms with Crippen molar-refractivity contribution in [3.05, 3.63) is 27.3 Å². The highest BCUT2D eigenvalue weighted by molar-refractivity contribution is 14.1. The van der Waals surface area contributed by atoms with Crippen LogP contribution in [0.4, 0.5) is 11.8 Å². The Morgan fingerprint density at radius 1 is 1.40 bits per heavy atom. The summed E-state index contributed by atoms with van der Waals surface area (Å²) >= 11 is 2.25. The number of pyridine rings is 1. The largest absolute Gasteiger partial charge is 0.338 e. The van der Waals surface area contributed by atoms with Gasteiger partial charge in [-0.1, -0.05) is 0 Å². The standard InChI is InChI=1S/C9H9IN4O/c1-5-4-11-8(3-7(5)10)13-9-12-6(2)15-14-9/h3-4H,1-2H3,(H,11,13,14). The number of nitrogens with one attached hydrogen (secondary N) is 1. The first-order chi connectivity index (χ1) is 7.15. The Balaban J connectivity index is 2.21.